The van der Waals surface area contributed by atoms with Crippen molar-refractivity contribution in [3.8, 4) is 11.5 Å². The molecule has 2 heterocycles. The molecule has 0 aromatic heterocycles. The van der Waals surface area contributed by atoms with Crippen LogP contribution in [0.25, 0.3) is 6.08 Å². The van der Waals surface area contributed by atoms with E-state index >= 15 is 0 Å². The van der Waals surface area contributed by atoms with E-state index in [1.807, 2.05) is 55.5 Å². The molecule has 13 heteroatoms. The van der Waals surface area contributed by atoms with Gasteiger partial charge in [0.2, 0.25) is 11.8 Å². The van der Waals surface area contributed by atoms with Crippen LogP contribution in [0.3, 0.4) is 0 Å². The number of imide groups is 1. The van der Waals surface area contributed by atoms with Crippen molar-refractivity contribution in [2.24, 2.45) is 23.7 Å². The van der Waals surface area contributed by atoms with E-state index in [1.165, 1.54) is 7.11 Å². The van der Waals surface area contributed by atoms with E-state index in [1.54, 1.807) is 6.07 Å². The van der Waals surface area contributed by atoms with Crippen LogP contribution >= 0.6 is 22.6 Å². The lowest BCUT2D eigenvalue weighted by atomic mass is 9.67. The summed E-state index contributed by atoms with van der Waals surface area (Å²) in [5, 5.41) is 10.1. The largest absolute Gasteiger partial charge is 0.504 e. The van der Waals surface area contributed by atoms with Crippen molar-refractivity contribution in [2.75, 3.05) is 18.6 Å². The smallest absolute Gasteiger partial charge is 0.416 e. The van der Waals surface area contributed by atoms with Crippen LogP contribution in [0.4, 0.5) is 32.0 Å². The van der Waals surface area contributed by atoms with Crippen LogP contribution in [0.5, 0.6) is 11.5 Å². The van der Waals surface area contributed by atoms with Gasteiger partial charge in [-0.15, -0.1) is 0 Å². The molecule has 0 saturated carbocycles. The number of carbonyl (C=O) groups is 2. The molecular weight excluding hydrogens is 731 g/mol. The first-order valence-electron chi connectivity index (χ1n) is 14.7. The Morgan fingerprint density at radius 1 is 1.04 bits per heavy atom. The SMILES string of the molecule is COc1cc(/C=C(\C)CC[C@H]2OC[C@H]3C2=C(C(C)C)C[C@H]2C(=O)N(c4cc(C(F)(F)F)cc(C(F)(F)F)c4)C(=O)[C@H]23)cc(I)c1O. The van der Waals surface area contributed by atoms with Gasteiger partial charge in [-0.3, -0.25) is 9.59 Å². The van der Waals surface area contributed by atoms with Gasteiger partial charge in [0.1, 0.15) is 0 Å². The maximum atomic E-state index is 13.8. The number of aromatic hydroxyl groups is 1. The number of carbonyl (C=O) groups excluding carboxylic acids is 2. The molecule has 1 aliphatic carbocycles. The van der Waals surface area contributed by atoms with E-state index in [9.17, 15) is 41.0 Å². The van der Waals surface area contributed by atoms with E-state index in [2.05, 4.69) is 0 Å². The van der Waals surface area contributed by atoms with Gasteiger partial charge in [-0.2, -0.15) is 26.3 Å². The van der Waals surface area contributed by atoms with Crippen molar-refractivity contribution in [3.05, 3.63) is 67.3 Å². The summed E-state index contributed by atoms with van der Waals surface area (Å²) >= 11 is 2.02. The Hall–Kier alpha value is -3.07. The number of alkyl halides is 6. The summed E-state index contributed by atoms with van der Waals surface area (Å²) < 4.78 is 93.6. The number of methoxy groups -OCH3 is 1. The average molecular weight is 764 g/mol. The maximum absolute atomic E-state index is 13.8. The van der Waals surface area contributed by atoms with Crippen molar-refractivity contribution in [1.82, 2.24) is 0 Å². The summed E-state index contributed by atoms with van der Waals surface area (Å²) in [6, 6.07) is 4.37. The first-order chi connectivity index (χ1) is 21.4. The number of nitrogens with zero attached hydrogens (tertiary/aromatic N) is 1. The molecule has 0 spiro atoms. The predicted molar refractivity (Wildman–Crippen MR) is 166 cm³/mol. The van der Waals surface area contributed by atoms with E-state index < -0.39 is 58.7 Å². The van der Waals surface area contributed by atoms with Gasteiger partial charge < -0.3 is 14.6 Å². The van der Waals surface area contributed by atoms with Crippen molar-refractivity contribution in [3.63, 3.8) is 0 Å². The third-order valence-corrected chi connectivity index (χ3v) is 9.78. The number of hydrogen-bond acceptors (Lipinski definition) is 5. The van der Waals surface area contributed by atoms with E-state index in [0.717, 1.165) is 22.3 Å². The lowest BCUT2D eigenvalue weighted by molar-refractivity contribution is -0.143. The molecule has 3 aliphatic rings. The van der Waals surface area contributed by atoms with E-state index in [-0.39, 0.29) is 36.9 Å². The number of allylic oxidation sites excluding steroid dienone is 2. The minimum absolute atomic E-state index is 0.0249. The molecule has 1 N–H and O–H groups in total. The lowest BCUT2D eigenvalue weighted by Crippen LogP contribution is -2.35. The van der Waals surface area contributed by atoms with Crippen LogP contribution < -0.4 is 9.64 Å². The molecule has 2 aromatic carbocycles. The number of phenols is 1. The quantitative estimate of drug-likeness (QED) is 0.133. The molecule has 0 unspecified atom stereocenters. The highest BCUT2D eigenvalue weighted by Crippen LogP contribution is 2.52. The molecule has 2 fully saturated rings. The molecule has 2 aromatic rings. The molecule has 2 amide bonds. The molecule has 2 aliphatic heterocycles. The minimum Gasteiger partial charge on any atom is -0.504 e. The number of phenolic OH excluding ortho intramolecular Hbond substituents is 1. The fourth-order valence-corrected chi connectivity index (χ4v) is 7.45. The van der Waals surface area contributed by atoms with Crippen molar-refractivity contribution >= 4 is 46.2 Å². The highest BCUT2D eigenvalue weighted by Gasteiger charge is 2.58. The number of benzene rings is 2. The summed E-state index contributed by atoms with van der Waals surface area (Å²) in [5.74, 6) is -3.65. The summed E-state index contributed by atoms with van der Waals surface area (Å²) in [6.07, 6.45) is -7.32. The van der Waals surface area contributed by atoms with Crippen molar-refractivity contribution in [2.45, 2.75) is 58.5 Å². The molecule has 0 radical (unpaired) electrons. The monoisotopic (exact) mass is 763 g/mol. The van der Waals surface area contributed by atoms with Gasteiger partial charge >= 0.3 is 12.4 Å². The van der Waals surface area contributed by atoms with Crippen molar-refractivity contribution in [1.29, 1.82) is 0 Å². The zero-order valence-electron chi connectivity index (χ0n) is 25.4. The number of fused-ring (bicyclic) bond motifs is 3. The Morgan fingerprint density at radius 2 is 1.67 bits per heavy atom. The molecule has 248 valence electrons. The Morgan fingerprint density at radius 3 is 2.24 bits per heavy atom. The topological polar surface area (TPSA) is 76.1 Å². The van der Waals surface area contributed by atoms with E-state index in [0.29, 0.717) is 39.2 Å². The van der Waals surface area contributed by atoms with Gasteiger partial charge in [0.15, 0.2) is 11.5 Å². The summed E-state index contributed by atoms with van der Waals surface area (Å²) in [4.78, 5) is 27.9. The first kappa shape index (κ1) is 34.3. The fraction of sp³-hybridized carbons (Fsp3) is 0.455. The number of anilines is 1. The molecular formula is C33H32F6INO5. The van der Waals surface area contributed by atoms with Crippen LogP contribution in [0.1, 0.15) is 56.7 Å². The number of rotatable bonds is 7. The second-order valence-corrected chi connectivity index (χ2v) is 13.4. The number of halogens is 7. The Balaban J connectivity index is 1.42. The Labute approximate surface area is 275 Å². The van der Waals surface area contributed by atoms with Gasteiger partial charge in [0.05, 0.1) is 52.0 Å². The first-order valence-corrected chi connectivity index (χ1v) is 15.8. The average Bonchev–Trinajstić information content (AvgIpc) is 3.49. The molecule has 5 rings (SSSR count). The number of amides is 2. The van der Waals surface area contributed by atoms with Gasteiger partial charge in [0.25, 0.3) is 0 Å². The molecule has 46 heavy (non-hydrogen) atoms. The van der Waals surface area contributed by atoms with Crippen LogP contribution in [-0.4, -0.2) is 36.7 Å². The number of hydrogen-bond donors (Lipinski definition) is 1. The fourth-order valence-electron chi connectivity index (χ4n) is 6.83. The molecule has 6 nitrogen and oxygen atoms in total. The third-order valence-electron chi connectivity index (χ3n) is 8.96. The highest BCUT2D eigenvalue weighted by atomic mass is 127. The van der Waals surface area contributed by atoms with Gasteiger partial charge in [0, 0.05) is 5.92 Å². The second-order valence-electron chi connectivity index (χ2n) is 12.3. The zero-order chi connectivity index (χ0) is 33.9. The standard InChI is InChI=1S/C33H32F6INO5/c1-15(2)21-13-22-28(31(44)41(30(22)43)20-11-18(32(34,35)36)10-19(12-20)33(37,38)39)23-14-46-25(27(21)23)6-5-16(3)7-17-8-24(40)29(42)26(9-17)45-4/h7-12,15,22-23,25,28,42H,5-6,13-14H2,1-4H3/b16-7+/t22-,23+,25-,28-/m1/s1. The molecule has 2 saturated heterocycles. The summed E-state index contributed by atoms with van der Waals surface area (Å²) in [7, 11) is 1.47. The van der Waals surface area contributed by atoms with Crippen LogP contribution in [0, 0.1) is 27.2 Å². The Bertz CT molecular complexity index is 1600. The maximum Gasteiger partial charge on any atom is 0.416 e. The lowest BCUT2D eigenvalue weighted by Gasteiger charge is -2.33. The number of ether oxygens (including phenoxy) is 2. The van der Waals surface area contributed by atoms with Crippen LogP contribution in [0.2, 0.25) is 0 Å². The summed E-state index contributed by atoms with van der Waals surface area (Å²) in [6.45, 7) is 5.95. The van der Waals surface area contributed by atoms with Crippen LogP contribution in [-0.2, 0) is 26.7 Å². The van der Waals surface area contributed by atoms with Gasteiger partial charge in [-0.25, -0.2) is 4.90 Å². The molecule has 0 bridgehead atoms. The normalized spacial score (nSPS) is 23.8. The third kappa shape index (κ3) is 6.41. The second kappa shape index (κ2) is 12.5. The van der Waals surface area contributed by atoms with Gasteiger partial charge in [-0.05, 0) is 96.2 Å². The zero-order valence-corrected chi connectivity index (χ0v) is 27.5. The predicted octanol–water partition coefficient (Wildman–Crippen LogP) is 8.40. The minimum atomic E-state index is -5.12. The van der Waals surface area contributed by atoms with E-state index in [4.69, 9.17) is 9.47 Å². The van der Waals surface area contributed by atoms with Crippen LogP contribution in [0.15, 0.2) is 47.1 Å². The Kier molecular flexibility index (Phi) is 9.32. The van der Waals surface area contributed by atoms with Crippen molar-refractivity contribution < 1.29 is 50.5 Å². The van der Waals surface area contributed by atoms with Gasteiger partial charge in [-0.1, -0.05) is 31.1 Å². The summed E-state index contributed by atoms with van der Waals surface area (Å²) in [5.41, 5.74) is -0.257. The highest BCUT2D eigenvalue weighted by molar-refractivity contribution is 14.1. The molecule has 4 atom stereocenters.